The van der Waals surface area contributed by atoms with Crippen molar-refractivity contribution in [3.63, 3.8) is 0 Å². The van der Waals surface area contributed by atoms with Gasteiger partial charge in [-0.25, -0.2) is 0 Å². The van der Waals surface area contributed by atoms with Gasteiger partial charge in [-0.15, -0.1) is 0 Å². The molecular formula is C18H21N3O2. The number of aryl methyl sites for hydroxylation is 2. The number of carbonyl (C=O) groups excluding carboxylic acids is 1. The maximum Gasteiger partial charge on any atom is 0.253 e. The molecule has 5 nitrogen and oxygen atoms in total. The van der Waals surface area contributed by atoms with Crippen molar-refractivity contribution >= 4 is 5.91 Å². The number of hydrogen-bond donors (Lipinski definition) is 2. The van der Waals surface area contributed by atoms with Gasteiger partial charge in [-0.05, 0) is 62.8 Å². The Bertz CT molecular complexity index is 791. The molecule has 2 aromatic rings. The van der Waals surface area contributed by atoms with Gasteiger partial charge >= 0.3 is 0 Å². The fourth-order valence-corrected chi connectivity index (χ4v) is 3.11. The second-order valence-electron chi connectivity index (χ2n) is 6.09. The number of pyridine rings is 2. The standard InChI is InChI=1S/C18H21N3O2/c1-11-7-8-13(9-19-11)17(22)20-10-15-12(2)14-5-3-4-6-16(14)21-18(15)23/h7-9H,3-6,10H2,1-2H3,(H,20,22)(H,21,23). The van der Waals surface area contributed by atoms with Crippen LogP contribution in [0.25, 0.3) is 0 Å². The van der Waals surface area contributed by atoms with Gasteiger partial charge in [0.2, 0.25) is 0 Å². The monoisotopic (exact) mass is 311 g/mol. The Hall–Kier alpha value is -2.43. The van der Waals surface area contributed by atoms with Gasteiger partial charge in [0.25, 0.3) is 11.5 Å². The number of nitrogens with zero attached hydrogens (tertiary/aromatic N) is 1. The van der Waals surface area contributed by atoms with Crippen molar-refractivity contribution in [2.24, 2.45) is 0 Å². The van der Waals surface area contributed by atoms with E-state index < -0.39 is 0 Å². The third-order valence-corrected chi connectivity index (χ3v) is 4.51. The number of H-pyrrole nitrogens is 1. The van der Waals surface area contributed by atoms with E-state index in [0.29, 0.717) is 11.1 Å². The van der Waals surface area contributed by atoms with E-state index in [0.717, 1.165) is 42.6 Å². The normalized spacial score (nSPS) is 13.5. The molecule has 0 saturated carbocycles. The van der Waals surface area contributed by atoms with Gasteiger partial charge in [-0.3, -0.25) is 14.6 Å². The largest absolute Gasteiger partial charge is 0.348 e. The first-order valence-electron chi connectivity index (χ1n) is 8.00. The lowest BCUT2D eigenvalue weighted by Crippen LogP contribution is -2.29. The minimum atomic E-state index is -0.214. The number of aromatic amines is 1. The van der Waals surface area contributed by atoms with Crippen molar-refractivity contribution in [3.05, 3.63) is 62.3 Å². The van der Waals surface area contributed by atoms with E-state index in [4.69, 9.17) is 0 Å². The molecule has 120 valence electrons. The van der Waals surface area contributed by atoms with Crippen LogP contribution >= 0.6 is 0 Å². The molecule has 0 fully saturated rings. The molecule has 5 heteroatoms. The predicted octanol–water partition coefficient (Wildman–Crippen LogP) is 2.20. The molecule has 2 N–H and O–H groups in total. The lowest BCUT2D eigenvalue weighted by atomic mass is 9.90. The minimum absolute atomic E-state index is 0.0921. The summed E-state index contributed by atoms with van der Waals surface area (Å²) in [6, 6.07) is 3.54. The van der Waals surface area contributed by atoms with Crippen molar-refractivity contribution in [3.8, 4) is 0 Å². The molecule has 0 saturated heterocycles. The molecule has 1 aliphatic carbocycles. The molecule has 0 atom stereocenters. The summed E-state index contributed by atoms with van der Waals surface area (Å²) in [5, 5.41) is 2.82. The molecule has 23 heavy (non-hydrogen) atoms. The van der Waals surface area contributed by atoms with Gasteiger partial charge in [0.15, 0.2) is 0 Å². The summed E-state index contributed by atoms with van der Waals surface area (Å²) in [7, 11) is 0. The zero-order valence-corrected chi connectivity index (χ0v) is 13.5. The van der Waals surface area contributed by atoms with E-state index in [9.17, 15) is 9.59 Å². The summed E-state index contributed by atoms with van der Waals surface area (Å²) in [6.07, 6.45) is 5.77. The molecule has 3 rings (SSSR count). The molecule has 2 heterocycles. The van der Waals surface area contributed by atoms with Crippen LogP contribution in [-0.2, 0) is 19.4 Å². The third kappa shape index (κ3) is 3.18. The van der Waals surface area contributed by atoms with Crippen LogP contribution in [0.1, 0.15) is 51.3 Å². The van der Waals surface area contributed by atoms with Crippen molar-refractivity contribution < 1.29 is 4.79 Å². The number of fused-ring (bicyclic) bond motifs is 1. The van der Waals surface area contributed by atoms with Crippen LogP contribution in [0, 0.1) is 13.8 Å². The van der Waals surface area contributed by atoms with E-state index in [1.54, 1.807) is 18.3 Å². The highest BCUT2D eigenvalue weighted by molar-refractivity contribution is 5.93. The SMILES string of the molecule is Cc1ccc(C(=O)NCc2c(C)c3c([nH]c2=O)CCCC3)cn1. The number of carbonyl (C=O) groups is 1. The molecule has 0 aliphatic heterocycles. The number of amides is 1. The van der Waals surface area contributed by atoms with Gasteiger partial charge in [0.1, 0.15) is 0 Å². The van der Waals surface area contributed by atoms with Crippen molar-refractivity contribution in [2.75, 3.05) is 0 Å². The Balaban J connectivity index is 1.79. The van der Waals surface area contributed by atoms with Gasteiger partial charge in [0, 0.05) is 29.7 Å². The van der Waals surface area contributed by atoms with Crippen molar-refractivity contribution in [1.29, 1.82) is 0 Å². The van der Waals surface area contributed by atoms with Gasteiger partial charge in [-0.1, -0.05) is 0 Å². The fraction of sp³-hybridized carbons (Fsp3) is 0.389. The van der Waals surface area contributed by atoms with E-state index in [2.05, 4.69) is 15.3 Å². The highest BCUT2D eigenvalue weighted by atomic mass is 16.1. The van der Waals surface area contributed by atoms with E-state index in [-0.39, 0.29) is 18.0 Å². The Kier molecular flexibility index (Phi) is 4.28. The molecule has 0 spiro atoms. The second kappa shape index (κ2) is 6.36. The van der Waals surface area contributed by atoms with Crippen molar-refractivity contribution in [1.82, 2.24) is 15.3 Å². The molecule has 0 unspecified atom stereocenters. The first-order chi connectivity index (χ1) is 11.1. The quantitative estimate of drug-likeness (QED) is 0.912. The highest BCUT2D eigenvalue weighted by Crippen LogP contribution is 2.22. The minimum Gasteiger partial charge on any atom is -0.348 e. The lowest BCUT2D eigenvalue weighted by Gasteiger charge is -2.19. The molecule has 0 bridgehead atoms. The van der Waals surface area contributed by atoms with Gasteiger partial charge in [0.05, 0.1) is 5.56 Å². The maximum absolute atomic E-state index is 12.3. The summed E-state index contributed by atoms with van der Waals surface area (Å²) in [5.41, 5.74) is 5.26. The van der Waals surface area contributed by atoms with Crippen LogP contribution in [0.3, 0.4) is 0 Å². The number of nitrogens with one attached hydrogen (secondary N) is 2. The van der Waals surface area contributed by atoms with Gasteiger partial charge in [-0.2, -0.15) is 0 Å². The first kappa shape index (κ1) is 15.5. The van der Waals surface area contributed by atoms with Crippen LogP contribution in [-0.4, -0.2) is 15.9 Å². The Labute approximate surface area is 135 Å². The van der Waals surface area contributed by atoms with E-state index >= 15 is 0 Å². The van der Waals surface area contributed by atoms with Crippen molar-refractivity contribution in [2.45, 2.75) is 46.1 Å². The molecule has 2 aromatic heterocycles. The first-order valence-corrected chi connectivity index (χ1v) is 8.00. The molecule has 0 radical (unpaired) electrons. The topological polar surface area (TPSA) is 74.8 Å². The highest BCUT2D eigenvalue weighted by Gasteiger charge is 2.17. The van der Waals surface area contributed by atoms with Crippen LogP contribution in [0.5, 0.6) is 0 Å². The number of hydrogen-bond acceptors (Lipinski definition) is 3. The lowest BCUT2D eigenvalue weighted by molar-refractivity contribution is 0.0950. The average Bonchev–Trinajstić information content (AvgIpc) is 2.55. The van der Waals surface area contributed by atoms with Gasteiger partial charge < -0.3 is 10.3 Å². The number of aromatic nitrogens is 2. The van der Waals surface area contributed by atoms with Crippen LogP contribution in [0.2, 0.25) is 0 Å². The molecular weight excluding hydrogens is 290 g/mol. The Morgan fingerprint density at radius 2 is 2.04 bits per heavy atom. The second-order valence-corrected chi connectivity index (χ2v) is 6.09. The molecule has 0 aromatic carbocycles. The van der Waals surface area contributed by atoms with Crippen LogP contribution < -0.4 is 10.9 Å². The number of rotatable bonds is 3. The Morgan fingerprint density at radius 1 is 1.26 bits per heavy atom. The summed E-state index contributed by atoms with van der Waals surface area (Å²) >= 11 is 0. The van der Waals surface area contributed by atoms with Crippen LogP contribution in [0.4, 0.5) is 0 Å². The summed E-state index contributed by atoms with van der Waals surface area (Å²) < 4.78 is 0. The summed E-state index contributed by atoms with van der Waals surface area (Å²) in [5.74, 6) is -0.214. The summed E-state index contributed by atoms with van der Waals surface area (Å²) in [4.78, 5) is 31.6. The zero-order chi connectivity index (χ0) is 16.4. The fourth-order valence-electron chi connectivity index (χ4n) is 3.11. The molecule has 1 aliphatic rings. The molecule has 1 amide bonds. The summed E-state index contributed by atoms with van der Waals surface area (Å²) in [6.45, 7) is 4.09. The smallest absolute Gasteiger partial charge is 0.253 e. The Morgan fingerprint density at radius 3 is 2.78 bits per heavy atom. The van der Waals surface area contributed by atoms with E-state index in [1.165, 1.54) is 5.56 Å². The maximum atomic E-state index is 12.3. The predicted molar refractivity (Wildman–Crippen MR) is 88.6 cm³/mol. The average molecular weight is 311 g/mol. The van der Waals surface area contributed by atoms with E-state index in [1.807, 2.05) is 13.8 Å². The zero-order valence-electron chi connectivity index (χ0n) is 13.5. The van der Waals surface area contributed by atoms with Crippen LogP contribution in [0.15, 0.2) is 23.1 Å². The third-order valence-electron chi connectivity index (χ3n) is 4.51.